The number of ketones is 1. The van der Waals surface area contributed by atoms with E-state index < -0.39 is 0 Å². The molecule has 27 heavy (non-hydrogen) atoms. The maximum Gasteiger partial charge on any atom is 0.161 e. The van der Waals surface area contributed by atoms with Gasteiger partial charge in [-0.1, -0.05) is 12.1 Å². The Labute approximate surface area is 165 Å². The third-order valence-electron chi connectivity index (χ3n) is 5.49. The number of nitrogens with zero attached hydrogens (tertiary/aromatic N) is 2. The topological polar surface area (TPSA) is 46.9 Å². The number of rotatable bonds is 2. The molecule has 142 valence electrons. The summed E-state index contributed by atoms with van der Waals surface area (Å²) in [6.07, 6.45) is 4.57. The van der Waals surface area contributed by atoms with Crippen LogP contribution < -0.4 is 5.32 Å². The van der Waals surface area contributed by atoms with E-state index in [2.05, 4.69) is 68.2 Å². The van der Waals surface area contributed by atoms with Gasteiger partial charge in [-0.2, -0.15) is 5.10 Å². The van der Waals surface area contributed by atoms with Gasteiger partial charge in [-0.3, -0.25) is 4.79 Å². The minimum Gasteiger partial charge on any atom is -0.343 e. The predicted octanol–water partition coefficient (Wildman–Crippen LogP) is 5.23. The SMILES string of the molecule is CSc1ccc(C2C3=C(CCCC3=O)Nc3c2c(C)nn3C(C)(C)C)cc1. The van der Waals surface area contributed by atoms with Crippen molar-refractivity contribution in [2.75, 3.05) is 11.6 Å². The van der Waals surface area contributed by atoms with Gasteiger partial charge in [0.05, 0.1) is 11.2 Å². The number of benzene rings is 1. The quantitative estimate of drug-likeness (QED) is 0.723. The maximum absolute atomic E-state index is 12.9. The lowest BCUT2D eigenvalue weighted by Gasteiger charge is -2.34. The summed E-state index contributed by atoms with van der Waals surface area (Å²) < 4.78 is 2.09. The molecule has 4 nitrogen and oxygen atoms in total. The fourth-order valence-electron chi connectivity index (χ4n) is 4.24. The van der Waals surface area contributed by atoms with Crippen LogP contribution in [0.25, 0.3) is 0 Å². The van der Waals surface area contributed by atoms with E-state index in [1.807, 2.05) is 0 Å². The van der Waals surface area contributed by atoms with Gasteiger partial charge in [0.1, 0.15) is 5.82 Å². The highest BCUT2D eigenvalue weighted by atomic mass is 32.2. The first-order valence-electron chi connectivity index (χ1n) is 9.58. The van der Waals surface area contributed by atoms with Crippen LogP contribution in [0.5, 0.6) is 0 Å². The minimum absolute atomic E-state index is 0.0314. The summed E-state index contributed by atoms with van der Waals surface area (Å²) in [5.74, 6) is 1.29. The zero-order valence-corrected chi connectivity index (χ0v) is 17.5. The number of aryl methyl sites for hydroxylation is 1. The second-order valence-electron chi connectivity index (χ2n) is 8.43. The molecule has 0 fully saturated rings. The van der Waals surface area contributed by atoms with Gasteiger partial charge in [0.2, 0.25) is 0 Å². The maximum atomic E-state index is 12.9. The molecule has 5 heteroatoms. The molecule has 1 N–H and O–H groups in total. The molecule has 0 radical (unpaired) electrons. The lowest BCUT2D eigenvalue weighted by atomic mass is 9.76. The van der Waals surface area contributed by atoms with E-state index in [1.54, 1.807) is 11.8 Å². The molecule has 2 heterocycles. The molecule has 2 aliphatic rings. The summed E-state index contributed by atoms with van der Waals surface area (Å²) in [4.78, 5) is 14.2. The lowest BCUT2D eigenvalue weighted by Crippen LogP contribution is -2.30. The molecule has 1 aliphatic carbocycles. The number of nitrogens with one attached hydrogen (secondary N) is 1. The highest BCUT2D eigenvalue weighted by Gasteiger charge is 2.39. The average Bonchev–Trinajstić information content (AvgIpc) is 2.97. The number of hydrogen-bond donors (Lipinski definition) is 1. The van der Waals surface area contributed by atoms with Crippen molar-refractivity contribution in [3.8, 4) is 0 Å². The van der Waals surface area contributed by atoms with Crippen molar-refractivity contribution >= 4 is 23.4 Å². The monoisotopic (exact) mass is 381 g/mol. The van der Waals surface area contributed by atoms with Crippen LogP contribution in [0.1, 0.15) is 62.8 Å². The van der Waals surface area contributed by atoms with Gasteiger partial charge in [0.15, 0.2) is 5.78 Å². The summed E-state index contributed by atoms with van der Waals surface area (Å²) in [6.45, 7) is 8.56. The highest BCUT2D eigenvalue weighted by Crippen LogP contribution is 2.47. The third-order valence-corrected chi connectivity index (χ3v) is 6.24. The summed E-state index contributed by atoms with van der Waals surface area (Å²) >= 11 is 1.74. The Morgan fingerprint density at radius 2 is 1.89 bits per heavy atom. The van der Waals surface area contributed by atoms with Crippen molar-refractivity contribution in [3.63, 3.8) is 0 Å². The molecule has 1 atom stereocenters. The van der Waals surface area contributed by atoms with Crippen molar-refractivity contribution in [2.45, 2.75) is 63.3 Å². The molecule has 2 aromatic rings. The fraction of sp³-hybridized carbons (Fsp3) is 0.455. The number of carbonyl (C=O) groups is 1. The molecule has 1 aromatic heterocycles. The first-order chi connectivity index (χ1) is 12.8. The van der Waals surface area contributed by atoms with Gasteiger partial charge in [-0.15, -0.1) is 11.8 Å². The molecule has 0 amide bonds. The summed E-state index contributed by atoms with van der Waals surface area (Å²) in [5.41, 5.74) is 5.22. The number of aromatic nitrogens is 2. The molecule has 1 unspecified atom stereocenters. The van der Waals surface area contributed by atoms with E-state index >= 15 is 0 Å². The van der Waals surface area contributed by atoms with Crippen LogP contribution in [0, 0.1) is 6.92 Å². The van der Waals surface area contributed by atoms with Gasteiger partial charge in [0, 0.05) is 34.1 Å². The zero-order chi connectivity index (χ0) is 19.3. The van der Waals surface area contributed by atoms with Crippen LogP contribution in [-0.2, 0) is 10.3 Å². The second kappa shape index (κ2) is 6.55. The normalized spacial score (nSPS) is 19.6. The van der Waals surface area contributed by atoms with Gasteiger partial charge in [0.25, 0.3) is 0 Å². The van der Waals surface area contributed by atoms with Gasteiger partial charge in [-0.25, -0.2) is 4.68 Å². The zero-order valence-electron chi connectivity index (χ0n) is 16.7. The number of thioether (sulfide) groups is 1. The van der Waals surface area contributed by atoms with E-state index in [9.17, 15) is 4.79 Å². The summed E-state index contributed by atoms with van der Waals surface area (Å²) in [6, 6.07) is 8.65. The molecule has 0 bridgehead atoms. The minimum atomic E-state index is -0.130. The summed E-state index contributed by atoms with van der Waals surface area (Å²) in [7, 11) is 0. The molecule has 0 saturated heterocycles. The Morgan fingerprint density at radius 1 is 1.19 bits per heavy atom. The first kappa shape index (κ1) is 18.4. The predicted molar refractivity (Wildman–Crippen MR) is 112 cm³/mol. The molecular weight excluding hydrogens is 354 g/mol. The largest absolute Gasteiger partial charge is 0.343 e. The number of fused-ring (bicyclic) bond motifs is 1. The van der Waals surface area contributed by atoms with E-state index in [4.69, 9.17) is 5.10 Å². The van der Waals surface area contributed by atoms with Crippen LogP contribution in [0.3, 0.4) is 0 Å². The third kappa shape index (κ3) is 3.02. The van der Waals surface area contributed by atoms with E-state index in [-0.39, 0.29) is 17.2 Å². The fourth-order valence-corrected chi connectivity index (χ4v) is 4.64. The molecule has 1 aromatic carbocycles. The summed E-state index contributed by atoms with van der Waals surface area (Å²) in [5, 5.41) is 8.47. The van der Waals surface area contributed by atoms with Crippen molar-refractivity contribution in [1.82, 2.24) is 9.78 Å². The van der Waals surface area contributed by atoms with Gasteiger partial charge >= 0.3 is 0 Å². The van der Waals surface area contributed by atoms with E-state index in [1.165, 1.54) is 10.5 Å². The van der Waals surface area contributed by atoms with Crippen LogP contribution in [0.4, 0.5) is 5.82 Å². The Balaban J connectivity index is 1.95. The van der Waals surface area contributed by atoms with Crippen molar-refractivity contribution in [1.29, 1.82) is 0 Å². The highest BCUT2D eigenvalue weighted by molar-refractivity contribution is 7.98. The second-order valence-corrected chi connectivity index (χ2v) is 9.31. The van der Waals surface area contributed by atoms with E-state index in [0.29, 0.717) is 6.42 Å². The van der Waals surface area contributed by atoms with Crippen molar-refractivity contribution in [3.05, 3.63) is 52.4 Å². The number of anilines is 1. The lowest BCUT2D eigenvalue weighted by molar-refractivity contribution is -0.116. The van der Waals surface area contributed by atoms with E-state index in [0.717, 1.165) is 41.2 Å². The Hall–Kier alpha value is -2.01. The Morgan fingerprint density at radius 3 is 2.52 bits per heavy atom. The van der Waals surface area contributed by atoms with Gasteiger partial charge in [-0.05, 0) is 64.5 Å². The molecule has 0 spiro atoms. The first-order valence-corrected chi connectivity index (χ1v) is 10.8. The van der Waals surface area contributed by atoms with Crippen molar-refractivity contribution in [2.24, 2.45) is 0 Å². The Kier molecular flexibility index (Phi) is 4.46. The molecule has 0 saturated carbocycles. The number of carbonyl (C=O) groups excluding carboxylic acids is 1. The number of allylic oxidation sites excluding steroid dienone is 2. The van der Waals surface area contributed by atoms with Crippen LogP contribution >= 0.6 is 11.8 Å². The number of hydrogen-bond acceptors (Lipinski definition) is 4. The smallest absolute Gasteiger partial charge is 0.161 e. The van der Waals surface area contributed by atoms with Crippen LogP contribution in [-0.4, -0.2) is 21.8 Å². The standard InChI is InChI=1S/C22H27N3OS/c1-13-18-19(14-9-11-15(27-5)12-10-14)20-16(7-6-8-17(20)26)23-21(18)25(24-13)22(2,3)4/h9-12,19,23H,6-8H2,1-5H3. The van der Waals surface area contributed by atoms with Crippen molar-refractivity contribution < 1.29 is 4.79 Å². The molecule has 1 aliphatic heterocycles. The number of Topliss-reactive ketones (excluding diaryl/α,β-unsaturated/α-hetero) is 1. The Bertz CT molecular complexity index is 932. The average molecular weight is 382 g/mol. The molecule has 4 rings (SSSR count). The van der Waals surface area contributed by atoms with Crippen LogP contribution in [0.15, 0.2) is 40.4 Å². The molecular formula is C22H27N3OS. The van der Waals surface area contributed by atoms with Gasteiger partial charge < -0.3 is 5.32 Å². The van der Waals surface area contributed by atoms with Crippen LogP contribution in [0.2, 0.25) is 0 Å².